The van der Waals surface area contributed by atoms with Crippen molar-refractivity contribution in [2.24, 2.45) is 0 Å². The summed E-state index contributed by atoms with van der Waals surface area (Å²) in [7, 11) is 0. The SMILES string of the molecule is CCCCCC(=O)OOc1ccc(C2=c3ccc([nH]3)=Cc3ccc([nH]3)C(c3ccc(OOC(=O)CCCCC)cc3)=c3ccc([nH]3)=Cc3ccc2[nH]3)cc1. The van der Waals surface area contributed by atoms with Crippen molar-refractivity contribution in [1.29, 1.82) is 0 Å². The van der Waals surface area contributed by atoms with Gasteiger partial charge in [0.1, 0.15) is 0 Å². The zero-order valence-corrected chi connectivity index (χ0v) is 30.5. The molecular weight excluding hydrogens is 681 g/mol. The number of aromatic nitrogens is 4. The van der Waals surface area contributed by atoms with Crippen LogP contribution in [0.15, 0.2) is 97.1 Å². The van der Waals surface area contributed by atoms with E-state index in [1.807, 2.05) is 24.3 Å². The number of hydrogen-bond acceptors (Lipinski definition) is 6. The Kier molecular flexibility index (Phi) is 11.3. The number of aromatic amines is 4. The first-order valence-electron chi connectivity index (χ1n) is 18.6. The molecule has 0 amide bonds. The molecule has 0 fully saturated rings. The number of carbonyl (C=O) groups excluding carboxylic acids is 2. The molecule has 4 aromatic heterocycles. The standard InChI is InChI=1S/C44H44N4O6/c1-3-5-7-9-41(49)53-51-35-19-11-29(12-20-35)43-37-23-15-31(45-37)27-33-17-25-39(47-33)44(40-26-18-34(48-40)28-32-16-24-38(43)46-32)30-13-21-36(22-14-30)52-54-42(50)10-8-6-4-2/h11-28,45-48H,3-10H2,1-2H3. The Morgan fingerprint density at radius 1 is 0.481 bits per heavy atom. The lowest BCUT2D eigenvalue weighted by Crippen LogP contribution is -2.15. The molecule has 0 unspecified atom stereocenters. The number of benzene rings is 2. The van der Waals surface area contributed by atoms with Gasteiger partial charge < -0.3 is 19.9 Å². The summed E-state index contributed by atoms with van der Waals surface area (Å²) in [6, 6.07) is 31.5. The molecule has 0 saturated heterocycles. The molecule has 4 N–H and O–H groups in total. The first-order valence-corrected chi connectivity index (χ1v) is 18.6. The molecule has 276 valence electrons. The smallest absolute Gasteiger partial charge is 0.355 e. The highest BCUT2D eigenvalue weighted by molar-refractivity contribution is 5.79. The fraction of sp³-hybridized carbons (Fsp3) is 0.227. The van der Waals surface area contributed by atoms with Gasteiger partial charge in [0.2, 0.25) is 0 Å². The van der Waals surface area contributed by atoms with E-state index in [0.29, 0.717) is 24.3 Å². The lowest BCUT2D eigenvalue weighted by atomic mass is 10.0. The van der Waals surface area contributed by atoms with Crippen LogP contribution < -0.4 is 31.2 Å². The summed E-state index contributed by atoms with van der Waals surface area (Å²) in [4.78, 5) is 59.3. The maximum atomic E-state index is 12.1. The van der Waals surface area contributed by atoms with E-state index in [-0.39, 0.29) is 11.9 Å². The molecule has 7 rings (SSSR count). The molecule has 0 spiro atoms. The molecule has 10 heteroatoms. The zero-order chi connectivity index (χ0) is 37.3. The van der Waals surface area contributed by atoms with Crippen LogP contribution in [0, 0.1) is 0 Å². The van der Waals surface area contributed by atoms with E-state index < -0.39 is 0 Å². The number of hydrogen-bond donors (Lipinski definition) is 4. The van der Waals surface area contributed by atoms with Crippen molar-refractivity contribution < 1.29 is 29.1 Å². The van der Waals surface area contributed by atoms with Crippen molar-refractivity contribution in [2.45, 2.75) is 65.2 Å². The number of nitrogens with one attached hydrogen (secondary N) is 4. The van der Waals surface area contributed by atoms with E-state index in [9.17, 15) is 9.59 Å². The van der Waals surface area contributed by atoms with Crippen molar-refractivity contribution in [2.75, 3.05) is 0 Å². The predicted octanol–water partition coefficient (Wildman–Crippen LogP) is 6.30. The molecule has 2 aromatic carbocycles. The first-order chi connectivity index (χ1) is 26.4. The minimum Gasteiger partial charge on any atom is -0.355 e. The van der Waals surface area contributed by atoms with Gasteiger partial charge in [0.25, 0.3) is 0 Å². The highest BCUT2D eigenvalue weighted by atomic mass is 17.2. The monoisotopic (exact) mass is 724 g/mol. The van der Waals surface area contributed by atoms with Gasteiger partial charge in [-0.15, -0.1) is 0 Å². The fourth-order valence-corrected chi connectivity index (χ4v) is 6.48. The Labute approximate surface area is 312 Å². The molecule has 54 heavy (non-hydrogen) atoms. The summed E-state index contributed by atoms with van der Waals surface area (Å²) in [6.07, 6.45) is 10.4. The van der Waals surface area contributed by atoms with Crippen molar-refractivity contribution in [3.05, 3.63) is 152 Å². The topological polar surface area (TPSA) is 134 Å². The van der Waals surface area contributed by atoms with Crippen LogP contribution in [0.5, 0.6) is 11.5 Å². The molecule has 5 heterocycles. The van der Waals surface area contributed by atoms with Crippen LogP contribution in [-0.4, -0.2) is 31.9 Å². The molecule has 10 nitrogen and oxygen atoms in total. The fourth-order valence-electron chi connectivity index (χ4n) is 6.48. The third kappa shape index (κ3) is 8.78. The molecule has 8 bridgehead atoms. The van der Waals surface area contributed by atoms with Gasteiger partial charge in [0.15, 0.2) is 11.5 Å². The van der Waals surface area contributed by atoms with E-state index in [4.69, 9.17) is 19.6 Å². The number of H-pyrrole nitrogens is 4. The Bertz CT molecular complexity index is 2290. The number of fused-ring (bicyclic) bond motifs is 8. The summed E-state index contributed by atoms with van der Waals surface area (Å²) in [6.45, 7) is 4.18. The van der Waals surface area contributed by atoms with Gasteiger partial charge in [-0.2, -0.15) is 0 Å². The Morgan fingerprint density at radius 3 is 1.31 bits per heavy atom. The summed E-state index contributed by atoms with van der Waals surface area (Å²) in [5, 5.41) is 3.69. The maximum Gasteiger partial charge on any atom is 0.355 e. The third-order valence-electron chi connectivity index (χ3n) is 9.25. The number of carbonyl (C=O) groups is 2. The average Bonchev–Trinajstić information content (AvgIpc) is 4.02. The molecular formula is C44H44N4O6. The van der Waals surface area contributed by atoms with Crippen molar-refractivity contribution in [3.8, 4) is 11.5 Å². The Morgan fingerprint density at radius 2 is 0.907 bits per heavy atom. The van der Waals surface area contributed by atoms with Gasteiger partial charge in [-0.3, -0.25) is 19.6 Å². The molecule has 0 saturated carbocycles. The van der Waals surface area contributed by atoms with Crippen LogP contribution >= 0.6 is 0 Å². The van der Waals surface area contributed by atoms with Gasteiger partial charge in [-0.25, -0.2) is 9.59 Å². The number of unbranched alkanes of at least 4 members (excludes halogenated alkanes) is 4. The lowest BCUT2D eigenvalue weighted by molar-refractivity contribution is -0.214. The van der Waals surface area contributed by atoms with Gasteiger partial charge in [0, 0.05) is 55.3 Å². The highest BCUT2D eigenvalue weighted by Gasteiger charge is 2.14. The normalized spacial score (nSPS) is 12.1. The molecule has 1 aliphatic heterocycles. The molecule has 1 aliphatic rings. The van der Waals surface area contributed by atoms with Crippen LogP contribution in [0.2, 0.25) is 0 Å². The van der Waals surface area contributed by atoms with Crippen molar-refractivity contribution in [1.82, 2.24) is 19.9 Å². The molecule has 6 aromatic rings. The summed E-state index contributed by atoms with van der Waals surface area (Å²) in [5.41, 5.74) is 7.53. The zero-order valence-electron chi connectivity index (χ0n) is 30.5. The minimum absolute atomic E-state index is 0.333. The van der Waals surface area contributed by atoms with Crippen molar-refractivity contribution >= 4 is 35.2 Å². The van der Waals surface area contributed by atoms with E-state index in [1.54, 1.807) is 24.3 Å². The maximum absolute atomic E-state index is 12.1. The van der Waals surface area contributed by atoms with E-state index in [2.05, 4.69) is 94.5 Å². The first kappa shape index (κ1) is 36.0. The van der Waals surface area contributed by atoms with Crippen molar-refractivity contribution in [3.63, 3.8) is 0 Å². The quantitative estimate of drug-likeness (QED) is 0.0592. The lowest BCUT2D eigenvalue weighted by Gasteiger charge is -2.08. The van der Waals surface area contributed by atoms with Crippen LogP contribution in [0.3, 0.4) is 0 Å². The van der Waals surface area contributed by atoms with Crippen LogP contribution in [0.25, 0.3) is 23.3 Å². The van der Waals surface area contributed by atoms with Crippen LogP contribution in [0.1, 0.15) is 99.1 Å². The summed E-state index contributed by atoms with van der Waals surface area (Å²) >= 11 is 0. The number of rotatable bonds is 14. The molecule has 0 radical (unpaired) electrons. The average molecular weight is 725 g/mol. The van der Waals surface area contributed by atoms with Gasteiger partial charge in [-0.1, -0.05) is 63.8 Å². The van der Waals surface area contributed by atoms with E-state index in [0.717, 1.165) is 105 Å². The second kappa shape index (κ2) is 16.9. The summed E-state index contributed by atoms with van der Waals surface area (Å²) in [5.74, 6) is 0.142. The van der Waals surface area contributed by atoms with E-state index in [1.165, 1.54) is 0 Å². The Hall–Kier alpha value is -6.42. The summed E-state index contributed by atoms with van der Waals surface area (Å²) < 4.78 is 0. The van der Waals surface area contributed by atoms with E-state index >= 15 is 0 Å². The Balaban J connectivity index is 1.20. The molecule has 0 atom stereocenters. The van der Waals surface area contributed by atoms with Gasteiger partial charge in [0.05, 0.1) is 12.8 Å². The van der Waals surface area contributed by atoms with Crippen LogP contribution in [-0.2, 0) is 19.4 Å². The molecule has 0 aliphatic carbocycles. The van der Waals surface area contributed by atoms with Gasteiger partial charge >= 0.3 is 11.9 Å². The highest BCUT2D eigenvalue weighted by Crippen LogP contribution is 2.25. The minimum atomic E-state index is -0.375. The second-order valence-corrected chi connectivity index (χ2v) is 13.4. The van der Waals surface area contributed by atoms with Crippen LogP contribution in [0.4, 0.5) is 0 Å². The third-order valence-corrected chi connectivity index (χ3v) is 9.25. The predicted molar refractivity (Wildman–Crippen MR) is 207 cm³/mol. The largest absolute Gasteiger partial charge is 0.355 e. The van der Waals surface area contributed by atoms with Gasteiger partial charge in [-0.05, 0) is 109 Å². The second-order valence-electron chi connectivity index (χ2n) is 13.4.